The number of hydrogen-bond donors (Lipinski definition) is 1. The van der Waals surface area contributed by atoms with Gasteiger partial charge in [-0.1, -0.05) is 18.2 Å². The third kappa shape index (κ3) is 6.11. The number of rotatable bonds is 10. The van der Waals surface area contributed by atoms with Crippen LogP contribution in [0, 0.1) is 6.92 Å². The maximum Gasteiger partial charge on any atom is 0.220 e. The van der Waals surface area contributed by atoms with Crippen molar-refractivity contribution in [3.05, 3.63) is 51.7 Å². The van der Waals surface area contributed by atoms with Crippen LogP contribution in [0.3, 0.4) is 0 Å². The molecule has 1 amide bonds. The van der Waals surface area contributed by atoms with Gasteiger partial charge in [0.2, 0.25) is 5.91 Å². The molecule has 0 bridgehead atoms. The van der Waals surface area contributed by atoms with Crippen molar-refractivity contribution in [3.8, 4) is 5.75 Å². The highest BCUT2D eigenvalue weighted by Crippen LogP contribution is 2.18. The summed E-state index contributed by atoms with van der Waals surface area (Å²) in [6, 6.07) is 11.1. The van der Waals surface area contributed by atoms with Gasteiger partial charge in [0.15, 0.2) is 5.78 Å². The topological polar surface area (TPSA) is 72.5 Å². The van der Waals surface area contributed by atoms with Gasteiger partial charge in [-0.2, -0.15) is 0 Å². The molecule has 2 rings (SSSR count). The van der Waals surface area contributed by atoms with Crippen molar-refractivity contribution in [3.63, 3.8) is 0 Å². The second-order valence-electron chi connectivity index (χ2n) is 5.96. The first-order valence-electron chi connectivity index (χ1n) is 8.49. The number of carbonyl (C=O) groups excluding carboxylic acids is 3. The predicted octanol–water partition coefficient (Wildman–Crippen LogP) is 3.69. The lowest BCUT2D eigenvalue weighted by atomic mass is 10.1. The lowest BCUT2D eigenvalue weighted by molar-refractivity contribution is -0.125. The first-order chi connectivity index (χ1) is 12.5. The van der Waals surface area contributed by atoms with Crippen LogP contribution in [0.15, 0.2) is 36.4 Å². The van der Waals surface area contributed by atoms with Crippen molar-refractivity contribution in [1.29, 1.82) is 0 Å². The molecule has 1 N–H and O–H groups in total. The van der Waals surface area contributed by atoms with Crippen LogP contribution in [0.5, 0.6) is 5.75 Å². The lowest BCUT2D eigenvalue weighted by Gasteiger charge is -2.09. The molecular weight excluding hydrogens is 350 g/mol. The third-order valence-corrected chi connectivity index (χ3v) is 4.99. The molecule has 0 fully saturated rings. The summed E-state index contributed by atoms with van der Waals surface area (Å²) < 4.78 is 5.23. The summed E-state index contributed by atoms with van der Waals surface area (Å²) in [4.78, 5) is 37.6. The van der Waals surface area contributed by atoms with Crippen LogP contribution in [0.25, 0.3) is 0 Å². The number of carbonyl (C=O) groups is 3. The summed E-state index contributed by atoms with van der Waals surface area (Å²) in [5.41, 5.74) is 0.881. The van der Waals surface area contributed by atoms with Gasteiger partial charge in [-0.3, -0.25) is 14.4 Å². The Morgan fingerprint density at radius 2 is 1.73 bits per heavy atom. The van der Waals surface area contributed by atoms with Crippen LogP contribution < -0.4 is 10.1 Å². The number of hydrogen-bond acceptors (Lipinski definition) is 5. The largest absolute Gasteiger partial charge is 0.496 e. The van der Waals surface area contributed by atoms with Crippen molar-refractivity contribution in [1.82, 2.24) is 5.32 Å². The normalized spacial score (nSPS) is 10.4. The van der Waals surface area contributed by atoms with E-state index >= 15 is 0 Å². The summed E-state index contributed by atoms with van der Waals surface area (Å²) in [5.74, 6) is 0.437. The van der Waals surface area contributed by atoms with Crippen molar-refractivity contribution >= 4 is 28.8 Å². The fraction of sp³-hybridized carbons (Fsp3) is 0.350. The summed E-state index contributed by atoms with van der Waals surface area (Å²) in [5, 5.41) is 2.79. The second-order valence-corrected chi connectivity index (χ2v) is 7.25. The molecule has 1 aromatic heterocycles. The van der Waals surface area contributed by atoms with Gasteiger partial charge in [-0.05, 0) is 25.1 Å². The molecule has 0 spiro atoms. The van der Waals surface area contributed by atoms with Gasteiger partial charge in [0.25, 0.3) is 0 Å². The number of aryl methyl sites for hydroxylation is 1. The van der Waals surface area contributed by atoms with Crippen molar-refractivity contribution < 1.29 is 19.1 Å². The Kier molecular flexibility index (Phi) is 7.53. The molecular formula is C20H23NO4S. The molecule has 26 heavy (non-hydrogen) atoms. The van der Waals surface area contributed by atoms with E-state index in [0.29, 0.717) is 17.2 Å². The number of methoxy groups -OCH3 is 1. The molecule has 0 saturated heterocycles. The van der Waals surface area contributed by atoms with E-state index < -0.39 is 0 Å². The molecule has 0 radical (unpaired) electrons. The highest BCUT2D eigenvalue weighted by Gasteiger charge is 2.12. The van der Waals surface area contributed by atoms with Gasteiger partial charge in [0.05, 0.1) is 12.0 Å². The van der Waals surface area contributed by atoms with E-state index in [1.807, 2.05) is 37.3 Å². The Hall–Kier alpha value is -2.47. The van der Waals surface area contributed by atoms with Crippen LogP contribution in [-0.4, -0.2) is 24.6 Å². The first kappa shape index (κ1) is 19.8. The zero-order valence-electron chi connectivity index (χ0n) is 15.0. The number of amides is 1. The van der Waals surface area contributed by atoms with Gasteiger partial charge in [-0.15, -0.1) is 11.3 Å². The summed E-state index contributed by atoms with van der Waals surface area (Å²) in [7, 11) is 1.58. The van der Waals surface area contributed by atoms with Crippen LogP contribution in [-0.2, 0) is 16.1 Å². The maximum atomic E-state index is 12.0. The van der Waals surface area contributed by atoms with Gasteiger partial charge < -0.3 is 10.1 Å². The minimum absolute atomic E-state index is 0.0166. The molecule has 0 aliphatic rings. The number of para-hydroxylation sites is 1. The Morgan fingerprint density at radius 1 is 1.00 bits per heavy atom. The van der Waals surface area contributed by atoms with Crippen LogP contribution in [0.1, 0.15) is 45.8 Å². The molecule has 2 aromatic rings. The van der Waals surface area contributed by atoms with Gasteiger partial charge in [0, 0.05) is 42.7 Å². The maximum absolute atomic E-state index is 12.0. The predicted molar refractivity (Wildman–Crippen MR) is 102 cm³/mol. The second kappa shape index (κ2) is 9.87. The average molecular weight is 373 g/mol. The minimum atomic E-state index is -0.190. The molecule has 1 aromatic carbocycles. The fourth-order valence-electron chi connectivity index (χ4n) is 2.47. The molecule has 0 saturated carbocycles. The number of thiophene rings is 1. The summed E-state index contributed by atoms with van der Waals surface area (Å²) >= 11 is 1.44. The Balaban J connectivity index is 1.68. The van der Waals surface area contributed by atoms with Crippen LogP contribution >= 0.6 is 11.3 Å². The van der Waals surface area contributed by atoms with Crippen LogP contribution in [0.4, 0.5) is 0 Å². The Morgan fingerprint density at radius 3 is 2.42 bits per heavy atom. The Labute approximate surface area is 157 Å². The quantitative estimate of drug-likeness (QED) is 0.645. The summed E-state index contributed by atoms with van der Waals surface area (Å²) in [6.07, 6.45) is 0.645. The fourth-order valence-corrected chi connectivity index (χ4v) is 3.30. The smallest absolute Gasteiger partial charge is 0.220 e. The van der Waals surface area contributed by atoms with E-state index in [4.69, 9.17) is 4.74 Å². The monoisotopic (exact) mass is 373 g/mol. The number of ketones is 2. The van der Waals surface area contributed by atoms with E-state index in [1.54, 1.807) is 13.2 Å². The number of ether oxygens (including phenoxy) is 1. The molecule has 6 heteroatoms. The van der Waals surface area contributed by atoms with Gasteiger partial charge in [0.1, 0.15) is 11.5 Å². The van der Waals surface area contributed by atoms with E-state index in [0.717, 1.165) is 10.4 Å². The molecule has 0 aliphatic carbocycles. The van der Waals surface area contributed by atoms with Gasteiger partial charge in [-0.25, -0.2) is 0 Å². The van der Waals surface area contributed by atoms with E-state index in [1.165, 1.54) is 11.3 Å². The molecule has 5 nitrogen and oxygen atoms in total. The van der Waals surface area contributed by atoms with Crippen molar-refractivity contribution in [2.75, 3.05) is 7.11 Å². The first-order valence-corrected chi connectivity index (χ1v) is 9.31. The van der Waals surface area contributed by atoms with E-state index in [9.17, 15) is 14.4 Å². The SMILES string of the molecule is COc1ccccc1CNC(=O)CCC(=O)CCC(=O)c1ccc(C)s1. The van der Waals surface area contributed by atoms with E-state index in [2.05, 4.69) is 5.32 Å². The van der Waals surface area contributed by atoms with E-state index in [-0.39, 0.29) is 43.2 Å². The average Bonchev–Trinajstić information content (AvgIpc) is 3.09. The molecule has 1 heterocycles. The molecule has 0 unspecified atom stereocenters. The lowest BCUT2D eigenvalue weighted by Crippen LogP contribution is -2.23. The Bertz CT molecular complexity index is 782. The minimum Gasteiger partial charge on any atom is -0.496 e. The number of nitrogens with one attached hydrogen (secondary N) is 1. The van der Waals surface area contributed by atoms with Crippen molar-refractivity contribution in [2.24, 2.45) is 0 Å². The molecule has 0 aliphatic heterocycles. The summed E-state index contributed by atoms with van der Waals surface area (Å²) in [6.45, 7) is 2.30. The molecule has 138 valence electrons. The zero-order valence-corrected chi connectivity index (χ0v) is 15.9. The number of Topliss-reactive ketones (excluding diaryl/α,β-unsaturated/α-hetero) is 2. The van der Waals surface area contributed by atoms with Gasteiger partial charge >= 0.3 is 0 Å². The highest BCUT2D eigenvalue weighted by molar-refractivity contribution is 7.14. The van der Waals surface area contributed by atoms with Crippen LogP contribution in [0.2, 0.25) is 0 Å². The molecule has 0 atom stereocenters. The third-order valence-electron chi connectivity index (χ3n) is 3.95. The highest BCUT2D eigenvalue weighted by atomic mass is 32.1. The number of benzene rings is 1. The van der Waals surface area contributed by atoms with Crippen molar-refractivity contribution in [2.45, 2.75) is 39.2 Å². The zero-order chi connectivity index (χ0) is 18.9. The standard InChI is InChI=1S/C20H23NO4S/c1-14-7-11-19(26-14)17(23)10-8-16(22)9-12-20(24)21-13-15-5-3-4-6-18(15)25-2/h3-7,11H,8-10,12-13H2,1-2H3,(H,21,24).